The van der Waals surface area contributed by atoms with Crippen LogP contribution in [0.25, 0.3) is 0 Å². The predicted octanol–water partition coefficient (Wildman–Crippen LogP) is 1.95. The minimum atomic E-state index is 0.304. The maximum absolute atomic E-state index is 9.53. The lowest BCUT2D eigenvalue weighted by molar-refractivity contribution is 0.472. The summed E-state index contributed by atoms with van der Waals surface area (Å²) >= 11 is 0. The van der Waals surface area contributed by atoms with Crippen molar-refractivity contribution < 1.29 is 5.11 Å². The number of nitrogens with one attached hydrogen (secondary N) is 1. The topological polar surface area (TPSA) is 32.3 Å². The van der Waals surface area contributed by atoms with Gasteiger partial charge in [0.1, 0.15) is 5.75 Å². The Labute approximate surface area is 85.0 Å². The van der Waals surface area contributed by atoms with Crippen molar-refractivity contribution in [3.05, 3.63) is 29.3 Å². The lowest BCUT2D eigenvalue weighted by Crippen LogP contribution is -2.23. The van der Waals surface area contributed by atoms with Gasteiger partial charge in [0.05, 0.1) is 0 Å². The Morgan fingerprint density at radius 1 is 1.36 bits per heavy atom. The SMILES string of the molecule is CNCC1(c2cc(C)cc(O)c2)CC1. The van der Waals surface area contributed by atoms with Crippen LogP contribution in [-0.4, -0.2) is 18.7 Å². The number of phenols is 1. The molecule has 1 fully saturated rings. The summed E-state index contributed by atoms with van der Waals surface area (Å²) in [7, 11) is 1.98. The molecule has 2 rings (SSSR count). The molecule has 76 valence electrons. The van der Waals surface area contributed by atoms with Crippen LogP contribution in [0.1, 0.15) is 24.0 Å². The summed E-state index contributed by atoms with van der Waals surface area (Å²) in [6.07, 6.45) is 2.47. The van der Waals surface area contributed by atoms with E-state index >= 15 is 0 Å². The molecule has 1 saturated carbocycles. The van der Waals surface area contributed by atoms with Crippen molar-refractivity contribution in [3.8, 4) is 5.75 Å². The Morgan fingerprint density at radius 2 is 2.07 bits per heavy atom. The third-order valence-electron chi connectivity index (χ3n) is 3.04. The van der Waals surface area contributed by atoms with Crippen LogP contribution in [0.2, 0.25) is 0 Å². The van der Waals surface area contributed by atoms with E-state index in [4.69, 9.17) is 0 Å². The largest absolute Gasteiger partial charge is 0.508 e. The smallest absolute Gasteiger partial charge is 0.116 e. The van der Waals surface area contributed by atoms with Crippen molar-refractivity contribution in [1.29, 1.82) is 0 Å². The Bertz CT molecular complexity index is 322. The molecule has 1 aliphatic rings. The van der Waals surface area contributed by atoms with Crippen molar-refractivity contribution in [3.63, 3.8) is 0 Å². The fourth-order valence-electron chi connectivity index (χ4n) is 2.13. The van der Waals surface area contributed by atoms with Crippen LogP contribution in [0.5, 0.6) is 5.75 Å². The molecule has 0 spiro atoms. The predicted molar refractivity (Wildman–Crippen MR) is 57.7 cm³/mol. The summed E-state index contributed by atoms with van der Waals surface area (Å²) < 4.78 is 0. The summed E-state index contributed by atoms with van der Waals surface area (Å²) in [6, 6.07) is 5.89. The molecule has 1 aliphatic carbocycles. The minimum Gasteiger partial charge on any atom is -0.508 e. The van der Waals surface area contributed by atoms with Crippen LogP contribution in [0, 0.1) is 6.92 Å². The maximum atomic E-state index is 9.53. The van der Waals surface area contributed by atoms with Crippen LogP contribution in [0.15, 0.2) is 18.2 Å². The van der Waals surface area contributed by atoms with Crippen LogP contribution < -0.4 is 5.32 Å². The molecular weight excluding hydrogens is 174 g/mol. The molecule has 2 heteroatoms. The van der Waals surface area contributed by atoms with Crippen molar-refractivity contribution >= 4 is 0 Å². The van der Waals surface area contributed by atoms with Crippen LogP contribution in [-0.2, 0) is 5.41 Å². The van der Waals surface area contributed by atoms with E-state index in [1.54, 1.807) is 6.07 Å². The molecule has 2 nitrogen and oxygen atoms in total. The van der Waals surface area contributed by atoms with E-state index in [0.29, 0.717) is 11.2 Å². The summed E-state index contributed by atoms with van der Waals surface area (Å²) in [4.78, 5) is 0. The number of hydrogen-bond acceptors (Lipinski definition) is 2. The van der Waals surface area contributed by atoms with E-state index in [-0.39, 0.29) is 0 Å². The lowest BCUT2D eigenvalue weighted by Gasteiger charge is -2.16. The second-order valence-corrected chi connectivity index (χ2v) is 4.37. The molecule has 0 bridgehead atoms. The van der Waals surface area contributed by atoms with Crippen molar-refractivity contribution in [2.75, 3.05) is 13.6 Å². The van der Waals surface area contributed by atoms with E-state index in [1.165, 1.54) is 18.4 Å². The van der Waals surface area contributed by atoms with Gasteiger partial charge in [0.2, 0.25) is 0 Å². The van der Waals surface area contributed by atoms with Gasteiger partial charge in [0.25, 0.3) is 0 Å². The first-order valence-electron chi connectivity index (χ1n) is 5.12. The molecule has 14 heavy (non-hydrogen) atoms. The highest BCUT2D eigenvalue weighted by Gasteiger charge is 2.43. The highest BCUT2D eigenvalue weighted by atomic mass is 16.3. The van der Waals surface area contributed by atoms with Gasteiger partial charge in [0.15, 0.2) is 0 Å². The Morgan fingerprint density at radius 3 is 2.57 bits per heavy atom. The van der Waals surface area contributed by atoms with Gasteiger partial charge in [-0.25, -0.2) is 0 Å². The number of phenolic OH excluding ortho intramolecular Hbond substituents is 1. The highest BCUT2D eigenvalue weighted by Crippen LogP contribution is 2.48. The monoisotopic (exact) mass is 191 g/mol. The van der Waals surface area contributed by atoms with Crippen molar-refractivity contribution in [1.82, 2.24) is 5.32 Å². The van der Waals surface area contributed by atoms with Gasteiger partial charge in [-0.2, -0.15) is 0 Å². The van der Waals surface area contributed by atoms with Gasteiger partial charge in [-0.3, -0.25) is 0 Å². The Hall–Kier alpha value is -1.02. The van der Waals surface area contributed by atoms with E-state index in [2.05, 4.69) is 11.4 Å². The zero-order valence-corrected chi connectivity index (χ0v) is 8.80. The standard InChI is InChI=1S/C12H17NO/c1-9-5-10(7-11(14)6-9)12(3-4-12)8-13-2/h5-7,13-14H,3-4,8H2,1-2H3. The molecule has 0 unspecified atom stereocenters. The first-order chi connectivity index (χ1) is 6.66. The van der Waals surface area contributed by atoms with Gasteiger partial charge in [-0.05, 0) is 50.1 Å². The summed E-state index contributed by atoms with van der Waals surface area (Å²) in [5, 5.41) is 12.8. The zero-order valence-electron chi connectivity index (χ0n) is 8.80. The molecule has 0 radical (unpaired) electrons. The lowest BCUT2D eigenvalue weighted by atomic mass is 9.94. The molecule has 0 atom stereocenters. The average molecular weight is 191 g/mol. The fourth-order valence-corrected chi connectivity index (χ4v) is 2.13. The third kappa shape index (κ3) is 1.62. The maximum Gasteiger partial charge on any atom is 0.116 e. The molecule has 2 N–H and O–H groups in total. The number of benzene rings is 1. The first-order valence-corrected chi connectivity index (χ1v) is 5.12. The molecule has 0 saturated heterocycles. The average Bonchev–Trinajstić information content (AvgIpc) is 2.84. The minimum absolute atomic E-state index is 0.304. The van der Waals surface area contributed by atoms with Gasteiger partial charge in [-0.15, -0.1) is 0 Å². The van der Waals surface area contributed by atoms with Gasteiger partial charge in [0, 0.05) is 12.0 Å². The molecule has 0 aliphatic heterocycles. The van der Waals surface area contributed by atoms with E-state index in [1.807, 2.05) is 20.0 Å². The zero-order chi connectivity index (χ0) is 10.2. The summed E-state index contributed by atoms with van der Waals surface area (Å²) in [6.45, 7) is 3.04. The molecular formula is C12H17NO. The Kier molecular flexibility index (Phi) is 2.23. The molecule has 0 aromatic heterocycles. The van der Waals surface area contributed by atoms with E-state index < -0.39 is 0 Å². The normalized spacial score (nSPS) is 18.1. The number of aromatic hydroxyl groups is 1. The molecule has 0 heterocycles. The quantitative estimate of drug-likeness (QED) is 0.765. The van der Waals surface area contributed by atoms with Crippen LogP contribution >= 0.6 is 0 Å². The van der Waals surface area contributed by atoms with E-state index in [0.717, 1.165) is 12.1 Å². The number of likely N-dealkylation sites (N-methyl/N-ethyl adjacent to an activating group) is 1. The van der Waals surface area contributed by atoms with Gasteiger partial charge < -0.3 is 10.4 Å². The van der Waals surface area contributed by atoms with Crippen molar-refractivity contribution in [2.24, 2.45) is 0 Å². The number of aryl methyl sites for hydroxylation is 1. The van der Waals surface area contributed by atoms with Crippen LogP contribution in [0.4, 0.5) is 0 Å². The van der Waals surface area contributed by atoms with E-state index in [9.17, 15) is 5.11 Å². The second kappa shape index (κ2) is 3.28. The van der Waals surface area contributed by atoms with Crippen molar-refractivity contribution in [2.45, 2.75) is 25.2 Å². The summed E-state index contributed by atoms with van der Waals surface area (Å²) in [5.74, 6) is 0.391. The molecule has 1 aromatic carbocycles. The summed E-state index contributed by atoms with van der Waals surface area (Å²) in [5.41, 5.74) is 2.73. The van der Waals surface area contributed by atoms with Crippen LogP contribution in [0.3, 0.4) is 0 Å². The molecule has 0 amide bonds. The second-order valence-electron chi connectivity index (χ2n) is 4.37. The fraction of sp³-hybridized carbons (Fsp3) is 0.500. The number of hydrogen-bond donors (Lipinski definition) is 2. The first kappa shape index (κ1) is 9.53. The Balaban J connectivity index is 2.32. The number of rotatable bonds is 3. The molecule has 1 aromatic rings. The third-order valence-corrected chi connectivity index (χ3v) is 3.04. The van der Waals surface area contributed by atoms with Gasteiger partial charge in [-0.1, -0.05) is 6.07 Å². The highest BCUT2D eigenvalue weighted by molar-refractivity contribution is 5.40. The van der Waals surface area contributed by atoms with Gasteiger partial charge >= 0.3 is 0 Å².